The van der Waals surface area contributed by atoms with Gasteiger partial charge in [-0.3, -0.25) is 9.59 Å². The van der Waals surface area contributed by atoms with E-state index in [1.807, 2.05) is 0 Å². The van der Waals surface area contributed by atoms with Gasteiger partial charge in [-0.15, -0.1) is 6.58 Å². The molecule has 0 atom stereocenters. The lowest BCUT2D eigenvalue weighted by Gasteiger charge is -2.31. The third kappa shape index (κ3) is 6.56. The maximum atomic E-state index is 15.6. The minimum absolute atomic E-state index is 0.136. The number of benzene rings is 3. The Bertz CT molecular complexity index is 1570. The average Bonchev–Trinajstić information content (AvgIpc) is 2.90. The zero-order chi connectivity index (χ0) is 33.4. The monoisotopic (exact) mass is 706 g/mol. The zero-order valence-electron chi connectivity index (χ0n) is 21.4. The molecule has 0 unspecified atom stereocenters. The molecule has 0 spiro atoms. The number of carbonyl (C=O) groups excluding carboxylic acids is 2. The molecule has 3 rings (SSSR count). The van der Waals surface area contributed by atoms with Gasteiger partial charge >= 0.3 is 24.2 Å². The molecule has 3 aromatic carbocycles. The molecule has 236 valence electrons. The maximum Gasteiger partial charge on any atom is 0.435 e. The van der Waals surface area contributed by atoms with Crippen molar-refractivity contribution in [2.75, 3.05) is 16.8 Å². The number of amides is 2. The lowest BCUT2D eigenvalue weighted by molar-refractivity contribution is -0.348. The smallest absolute Gasteiger partial charge is 0.320 e. The quantitative estimate of drug-likeness (QED) is 0.197. The number of rotatable bonds is 7. The summed E-state index contributed by atoms with van der Waals surface area (Å²) in [6.07, 6.45) is -18.1. The second kappa shape index (κ2) is 12.2. The fourth-order valence-corrected chi connectivity index (χ4v) is 4.46. The minimum atomic E-state index is -6.75. The van der Waals surface area contributed by atoms with Gasteiger partial charge < -0.3 is 10.2 Å². The Morgan fingerprint density at radius 1 is 0.864 bits per heavy atom. The summed E-state index contributed by atoms with van der Waals surface area (Å²) >= 11 is 2.34. The van der Waals surface area contributed by atoms with Crippen molar-refractivity contribution in [1.29, 1.82) is 0 Å². The maximum absolute atomic E-state index is 15.6. The van der Waals surface area contributed by atoms with E-state index in [0.717, 1.165) is 53.4 Å². The molecule has 2 amide bonds. The van der Waals surface area contributed by atoms with Crippen molar-refractivity contribution in [3.8, 4) is 0 Å². The summed E-state index contributed by atoms with van der Waals surface area (Å²) in [5.74, 6) is -4.79. The van der Waals surface area contributed by atoms with E-state index in [4.69, 9.17) is 0 Å². The molecule has 17 heteroatoms. The molecule has 0 fully saturated rings. The van der Waals surface area contributed by atoms with Crippen LogP contribution in [0.2, 0.25) is 0 Å². The third-order valence-corrected chi connectivity index (χ3v) is 6.60. The molecule has 0 saturated carbocycles. The van der Waals surface area contributed by atoms with E-state index >= 15 is 4.39 Å². The van der Waals surface area contributed by atoms with Crippen LogP contribution in [-0.2, 0) is 11.8 Å². The highest BCUT2D eigenvalue weighted by atomic mass is 79.9. The Labute approximate surface area is 248 Å². The Kier molecular flexibility index (Phi) is 9.53. The van der Waals surface area contributed by atoms with Gasteiger partial charge in [0, 0.05) is 22.1 Å². The Morgan fingerprint density at radius 2 is 1.43 bits per heavy atom. The molecule has 0 saturated heterocycles. The van der Waals surface area contributed by atoms with Crippen molar-refractivity contribution in [2.24, 2.45) is 0 Å². The normalized spacial score (nSPS) is 12.6. The first-order valence-corrected chi connectivity index (χ1v) is 12.5. The highest BCUT2D eigenvalue weighted by Gasteiger charge is 2.73. The molecule has 3 aromatic rings. The van der Waals surface area contributed by atoms with Gasteiger partial charge in [0.05, 0.1) is 22.5 Å². The molecule has 4 nitrogen and oxygen atoms in total. The lowest BCUT2D eigenvalue weighted by Crippen LogP contribution is -2.50. The van der Waals surface area contributed by atoms with Gasteiger partial charge in [-0.1, -0.05) is 12.1 Å². The largest absolute Gasteiger partial charge is 0.435 e. The van der Waals surface area contributed by atoms with Crippen molar-refractivity contribution in [3.63, 3.8) is 0 Å². The fraction of sp³-hybridized carbons (Fsp3) is 0.185. The summed E-state index contributed by atoms with van der Waals surface area (Å²) in [6, 6.07) is 5.70. The van der Waals surface area contributed by atoms with Crippen molar-refractivity contribution in [1.82, 2.24) is 0 Å². The number of nitrogens with zero attached hydrogens (tertiary/aromatic N) is 1. The van der Waals surface area contributed by atoms with Crippen LogP contribution in [0.5, 0.6) is 0 Å². The number of carbonyl (C=O) groups is 2. The molecule has 0 bridgehead atoms. The summed E-state index contributed by atoms with van der Waals surface area (Å²) in [7, 11) is 0. The molecular formula is C27H15BrF12N2O2. The van der Waals surface area contributed by atoms with Crippen molar-refractivity contribution in [2.45, 2.75) is 24.2 Å². The van der Waals surface area contributed by atoms with Crippen molar-refractivity contribution >= 4 is 39.1 Å². The molecule has 0 aliphatic rings. The van der Waals surface area contributed by atoms with Crippen LogP contribution in [0.1, 0.15) is 31.8 Å². The number of alkyl halides is 10. The molecule has 0 aromatic heterocycles. The number of hydrogen-bond donors (Lipinski definition) is 1. The molecule has 0 heterocycles. The highest BCUT2D eigenvalue weighted by molar-refractivity contribution is 9.10. The van der Waals surface area contributed by atoms with Gasteiger partial charge in [0.25, 0.3) is 11.8 Å². The first-order chi connectivity index (χ1) is 20.1. The van der Waals surface area contributed by atoms with Gasteiger partial charge in [-0.05, 0) is 64.5 Å². The van der Waals surface area contributed by atoms with Crippen molar-refractivity contribution in [3.05, 3.63) is 106 Å². The number of nitrogens with one attached hydrogen (secondary N) is 1. The Morgan fingerprint density at radius 3 is 1.93 bits per heavy atom. The summed E-state index contributed by atoms with van der Waals surface area (Å²) in [6.45, 7) is 3.04. The molecule has 44 heavy (non-hydrogen) atoms. The van der Waals surface area contributed by atoms with Gasteiger partial charge in [-0.25, -0.2) is 13.2 Å². The molecular weight excluding hydrogens is 692 g/mol. The molecule has 0 aliphatic heterocycles. The van der Waals surface area contributed by atoms with Crippen LogP contribution in [0.4, 0.5) is 64.1 Å². The van der Waals surface area contributed by atoms with Crippen LogP contribution in [0.15, 0.2) is 71.7 Å². The van der Waals surface area contributed by atoms with Gasteiger partial charge in [0.2, 0.25) is 0 Å². The predicted molar refractivity (Wildman–Crippen MR) is 137 cm³/mol. The minimum Gasteiger partial charge on any atom is -0.320 e. The molecule has 1 N–H and O–H groups in total. The Hall–Kier alpha value is -4.02. The fourth-order valence-electron chi connectivity index (χ4n) is 3.90. The first kappa shape index (κ1) is 34.5. The van der Waals surface area contributed by atoms with Crippen LogP contribution in [0.25, 0.3) is 0 Å². The summed E-state index contributed by atoms with van der Waals surface area (Å²) in [5.41, 5.74) is -14.3. The molecule has 0 aliphatic carbocycles. The van der Waals surface area contributed by atoms with Crippen LogP contribution in [0.3, 0.4) is 0 Å². The Balaban J connectivity index is 2.11. The van der Waals surface area contributed by atoms with E-state index in [9.17, 15) is 57.9 Å². The van der Waals surface area contributed by atoms with E-state index in [-0.39, 0.29) is 18.2 Å². The number of anilines is 2. The second-order valence-corrected chi connectivity index (χ2v) is 9.69. The van der Waals surface area contributed by atoms with E-state index in [1.165, 1.54) is 0 Å². The summed E-state index contributed by atoms with van der Waals surface area (Å²) in [5, 5.41) is 1.57. The van der Waals surface area contributed by atoms with Gasteiger partial charge in [0.15, 0.2) is 5.82 Å². The van der Waals surface area contributed by atoms with E-state index in [2.05, 4.69) is 22.5 Å². The van der Waals surface area contributed by atoms with Crippen LogP contribution >= 0.6 is 15.9 Å². The van der Waals surface area contributed by atoms with Crippen molar-refractivity contribution < 1.29 is 62.3 Å². The SMILES string of the molecule is C=CCN(C(=O)c1ccc(F)cc1)c1cccc(C(=O)Nc2c(Br)cc(C(F)(C(F)(F)F)C(F)(F)F)cc2C(F)(F)F)c1F. The summed E-state index contributed by atoms with van der Waals surface area (Å²) in [4.78, 5) is 26.7. The van der Waals surface area contributed by atoms with E-state index in [0.29, 0.717) is 0 Å². The topological polar surface area (TPSA) is 49.4 Å². The van der Waals surface area contributed by atoms with E-state index < -0.39 is 86.3 Å². The highest BCUT2D eigenvalue weighted by Crippen LogP contribution is 2.55. The predicted octanol–water partition coefficient (Wildman–Crippen LogP) is 9.12. The van der Waals surface area contributed by atoms with Crippen LogP contribution < -0.4 is 10.2 Å². The van der Waals surface area contributed by atoms with Gasteiger partial charge in [-0.2, -0.15) is 39.5 Å². The van der Waals surface area contributed by atoms with Crippen LogP contribution in [-0.4, -0.2) is 30.7 Å². The van der Waals surface area contributed by atoms with E-state index in [1.54, 1.807) is 5.32 Å². The number of hydrogen-bond acceptors (Lipinski definition) is 2. The lowest BCUT2D eigenvalue weighted by atomic mass is 9.92. The third-order valence-electron chi connectivity index (χ3n) is 5.97. The average molecular weight is 707 g/mol. The second-order valence-electron chi connectivity index (χ2n) is 8.84. The van der Waals surface area contributed by atoms with Gasteiger partial charge in [0.1, 0.15) is 5.82 Å². The number of halogens is 13. The summed E-state index contributed by atoms with van der Waals surface area (Å²) < 4.78 is 163. The molecule has 0 radical (unpaired) electrons. The van der Waals surface area contributed by atoms with Crippen LogP contribution in [0, 0.1) is 11.6 Å². The first-order valence-electron chi connectivity index (χ1n) is 11.7. The standard InChI is InChI=1S/C27H15BrF12N2O2/c1-2-10-42(23(44)13-6-8-15(29)9-7-13)19-5-3-4-16(20(19)30)22(43)41-21-17(25(32,33)34)11-14(12-18(21)28)24(31,26(35,36)37)27(38,39)40/h2-9,11-12H,1,10H2,(H,41,43). The zero-order valence-corrected chi connectivity index (χ0v) is 23.0.